The van der Waals surface area contributed by atoms with E-state index in [0.29, 0.717) is 5.95 Å². The predicted octanol–water partition coefficient (Wildman–Crippen LogP) is 3.64. The average molecular weight is 326 g/mol. The Bertz CT molecular complexity index is 727. The van der Waals surface area contributed by atoms with Crippen molar-refractivity contribution in [2.75, 3.05) is 30.1 Å². The summed E-state index contributed by atoms with van der Waals surface area (Å²) in [5, 5.41) is 3.29. The predicted molar refractivity (Wildman–Crippen MR) is 93.3 cm³/mol. The first-order valence-electron chi connectivity index (χ1n) is 8.55. The van der Waals surface area contributed by atoms with Gasteiger partial charge in [0.15, 0.2) is 11.5 Å². The van der Waals surface area contributed by atoms with Crippen molar-refractivity contribution in [3.8, 4) is 11.5 Å². The molecule has 0 saturated carbocycles. The first kappa shape index (κ1) is 15.1. The Hall–Kier alpha value is -2.50. The summed E-state index contributed by atoms with van der Waals surface area (Å²) >= 11 is 0. The molecule has 0 amide bonds. The first-order valence-corrected chi connectivity index (χ1v) is 8.55. The lowest BCUT2D eigenvalue weighted by Crippen LogP contribution is -2.25. The van der Waals surface area contributed by atoms with Gasteiger partial charge >= 0.3 is 0 Å². The Morgan fingerprint density at radius 3 is 2.58 bits per heavy atom. The fourth-order valence-corrected chi connectivity index (χ4v) is 3.17. The van der Waals surface area contributed by atoms with Crippen LogP contribution in [0.1, 0.15) is 31.4 Å². The zero-order valence-corrected chi connectivity index (χ0v) is 13.9. The molecular weight excluding hydrogens is 304 g/mol. The summed E-state index contributed by atoms with van der Waals surface area (Å²) in [5.41, 5.74) is 1.86. The van der Waals surface area contributed by atoms with Crippen LogP contribution in [0.15, 0.2) is 24.3 Å². The maximum absolute atomic E-state index is 5.42. The van der Waals surface area contributed by atoms with E-state index in [9.17, 15) is 0 Å². The summed E-state index contributed by atoms with van der Waals surface area (Å²) in [7, 11) is 0. The first-order chi connectivity index (χ1) is 11.8. The molecule has 0 unspecified atom stereocenters. The van der Waals surface area contributed by atoms with Crippen LogP contribution in [0.3, 0.4) is 0 Å². The van der Waals surface area contributed by atoms with E-state index in [1.165, 1.54) is 25.7 Å². The van der Waals surface area contributed by atoms with Crippen molar-refractivity contribution in [1.29, 1.82) is 0 Å². The standard InChI is InChI=1S/C18H22N4O2/c1-13-10-17(22-8-4-2-3-5-9-22)21-18(19-13)20-14-6-7-15-16(11-14)24-12-23-15/h6-7,10-11H,2-5,8-9,12H2,1H3,(H,19,20,21). The molecule has 2 aromatic rings. The van der Waals surface area contributed by atoms with Crippen molar-refractivity contribution in [3.05, 3.63) is 30.0 Å². The number of hydrogen-bond donors (Lipinski definition) is 1. The number of benzene rings is 1. The van der Waals surface area contributed by atoms with Crippen molar-refractivity contribution in [2.45, 2.75) is 32.6 Å². The van der Waals surface area contributed by atoms with Gasteiger partial charge in [0.1, 0.15) is 5.82 Å². The smallest absolute Gasteiger partial charge is 0.231 e. The molecule has 6 heteroatoms. The highest BCUT2D eigenvalue weighted by atomic mass is 16.7. The van der Waals surface area contributed by atoms with Crippen molar-refractivity contribution in [2.24, 2.45) is 0 Å². The largest absolute Gasteiger partial charge is 0.454 e. The van der Waals surface area contributed by atoms with Crippen LogP contribution in [0.2, 0.25) is 0 Å². The van der Waals surface area contributed by atoms with Crippen molar-refractivity contribution in [3.63, 3.8) is 0 Å². The van der Waals surface area contributed by atoms with Gasteiger partial charge in [-0.1, -0.05) is 12.8 Å². The third-order valence-corrected chi connectivity index (χ3v) is 4.40. The van der Waals surface area contributed by atoms with Crippen LogP contribution in [0, 0.1) is 6.92 Å². The van der Waals surface area contributed by atoms with Gasteiger partial charge in [0.2, 0.25) is 12.7 Å². The molecule has 6 nitrogen and oxygen atoms in total. The highest BCUT2D eigenvalue weighted by molar-refractivity contribution is 5.61. The van der Waals surface area contributed by atoms with E-state index in [0.717, 1.165) is 41.8 Å². The summed E-state index contributed by atoms with van der Waals surface area (Å²) in [4.78, 5) is 11.6. The summed E-state index contributed by atoms with van der Waals surface area (Å²) in [6.45, 7) is 4.42. The third kappa shape index (κ3) is 3.22. The van der Waals surface area contributed by atoms with Crippen LogP contribution < -0.4 is 19.7 Å². The van der Waals surface area contributed by atoms with Crippen molar-refractivity contribution < 1.29 is 9.47 Å². The van der Waals surface area contributed by atoms with E-state index in [-0.39, 0.29) is 6.79 Å². The van der Waals surface area contributed by atoms with Crippen LogP contribution >= 0.6 is 0 Å². The third-order valence-electron chi connectivity index (χ3n) is 4.40. The second-order valence-corrected chi connectivity index (χ2v) is 6.29. The zero-order chi connectivity index (χ0) is 16.4. The van der Waals surface area contributed by atoms with Crippen LogP contribution in [0.4, 0.5) is 17.5 Å². The SMILES string of the molecule is Cc1cc(N2CCCCCC2)nc(Nc2ccc3c(c2)OCO3)n1. The van der Waals surface area contributed by atoms with Gasteiger partial charge in [0, 0.05) is 36.6 Å². The Labute approximate surface area is 141 Å². The van der Waals surface area contributed by atoms with Gasteiger partial charge < -0.3 is 19.7 Å². The highest BCUT2D eigenvalue weighted by Gasteiger charge is 2.15. The second-order valence-electron chi connectivity index (χ2n) is 6.29. The summed E-state index contributed by atoms with van der Waals surface area (Å²) in [5.74, 6) is 3.15. The average Bonchev–Trinajstić information content (AvgIpc) is 2.86. The van der Waals surface area contributed by atoms with E-state index in [4.69, 9.17) is 14.5 Å². The number of rotatable bonds is 3. The van der Waals surface area contributed by atoms with Gasteiger partial charge in [-0.3, -0.25) is 0 Å². The quantitative estimate of drug-likeness (QED) is 0.929. The lowest BCUT2D eigenvalue weighted by atomic mass is 10.2. The minimum absolute atomic E-state index is 0.277. The molecule has 0 bridgehead atoms. The zero-order valence-electron chi connectivity index (χ0n) is 13.9. The Balaban J connectivity index is 1.56. The molecule has 4 rings (SSSR count). The van der Waals surface area contributed by atoms with Gasteiger partial charge in [-0.25, -0.2) is 4.98 Å². The Morgan fingerprint density at radius 2 is 1.75 bits per heavy atom. The molecule has 1 N–H and O–H groups in total. The van der Waals surface area contributed by atoms with Gasteiger partial charge in [-0.05, 0) is 31.9 Å². The monoisotopic (exact) mass is 326 g/mol. The number of nitrogens with one attached hydrogen (secondary N) is 1. The highest BCUT2D eigenvalue weighted by Crippen LogP contribution is 2.35. The van der Waals surface area contributed by atoms with E-state index in [2.05, 4.69) is 21.3 Å². The fourth-order valence-electron chi connectivity index (χ4n) is 3.17. The number of fused-ring (bicyclic) bond motifs is 1. The van der Waals surface area contributed by atoms with E-state index >= 15 is 0 Å². The lowest BCUT2D eigenvalue weighted by molar-refractivity contribution is 0.174. The Morgan fingerprint density at radius 1 is 0.958 bits per heavy atom. The lowest BCUT2D eigenvalue weighted by Gasteiger charge is -2.22. The van der Waals surface area contributed by atoms with E-state index < -0.39 is 0 Å². The molecule has 126 valence electrons. The molecule has 2 aliphatic rings. The van der Waals surface area contributed by atoms with Crippen LogP contribution in [0.25, 0.3) is 0 Å². The molecule has 0 radical (unpaired) electrons. The number of anilines is 3. The fraction of sp³-hybridized carbons (Fsp3) is 0.444. The van der Waals surface area contributed by atoms with Crippen LogP contribution in [0.5, 0.6) is 11.5 Å². The van der Waals surface area contributed by atoms with Gasteiger partial charge in [0.05, 0.1) is 0 Å². The number of aromatic nitrogens is 2. The molecule has 1 aromatic heterocycles. The van der Waals surface area contributed by atoms with Gasteiger partial charge in [-0.2, -0.15) is 4.98 Å². The number of aryl methyl sites for hydroxylation is 1. The minimum Gasteiger partial charge on any atom is -0.454 e. The summed E-state index contributed by atoms with van der Waals surface area (Å²) in [6, 6.07) is 7.83. The van der Waals surface area contributed by atoms with Gasteiger partial charge in [0.25, 0.3) is 0 Å². The molecule has 3 heterocycles. The number of nitrogens with zero attached hydrogens (tertiary/aromatic N) is 3. The molecule has 24 heavy (non-hydrogen) atoms. The molecule has 1 fully saturated rings. The molecule has 2 aliphatic heterocycles. The molecule has 1 saturated heterocycles. The van der Waals surface area contributed by atoms with E-state index in [1.807, 2.05) is 25.1 Å². The van der Waals surface area contributed by atoms with E-state index in [1.54, 1.807) is 0 Å². The molecule has 0 spiro atoms. The maximum Gasteiger partial charge on any atom is 0.231 e. The summed E-state index contributed by atoms with van der Waals surface area (Å²) in [6.07, 6.45) is 5.08. The maximum atomic E-state index is 5.42. The minimum atomic E-state index is 0.277. The topological polar surface area (TPSA) is 59.5 Å². The molecular formula is C18H22N4O2. The second kappa shape index (κ2) is 6.55. The summed E-state index contributed by atoms with van der Waals surface area (Å²) < 4.78 is 10.8. The van der Waals surface area contributed by atoms with Crippen LogP contribution in [-0.2, 0) is 0 Å². The van der Waals surface area contributed by atoms with Crippen LogP contribution in [-0.4, -0.2) is 29.9 Å². The molecule has 0 atom stereocenters. The normalized spacial score (nSPS) is 16.8. The molecule has 1 aromatic carbocycles. The number of ether oxygens (including phenoxy) is 2. The van der Waals surface area contributed by atoms with Crippen molar-refractivity contribution in [1.82, 2.24) is 9.97 Å². The van der Waals surface area contributed by atoms with Crippen molar-refractivity contribution >= 4 is 17.5 Å². The number of hydrogen-bond acceptors (Lipinski definition) is 6. The molecule has 0 aliphatic carbocycles. The van der Waals surface area contributed by atoms with Gasteiger partial charge in [-0.15, -0.1) is 0 Å². The Kier molecular flexibility index (Phi) is 4.11.